The van der Waals surface area contributed by atoms with Crippen molar-refractivity contribution in [2.75, 3.05) is 5.32 Å². The van der Waals surface area contributed by atoms with Crippen molar-refractivity contribution in [3.63, 3.8) is 0 Å². The van der Waals surface area contributed by atoms with E-state index in [2.05, 4.69) is 10.4 Å². The second-order valence-corrected chi connectivity index (χ2v) is 7.56. The molecule has 0 saturated carbocycles. The maximum Gasteiger partial charge on any atom is 0.341 e. The van der Waals surface area contributed by atoms with Gasteiger partial charge in [-0.2, -0.15) is 13.9 Å². The third-order valence-electron chi connectivity index (χ3n) is 3.84. The molecule has 0 bridgehead atoms. The summed E-state index contributed by atoms with van der Waals surface area (Å²) in [5.74, 6) is -3.99. The molecule has 0 atom stereocenters. The van der Waals surface area contributed by atoms with Gasteiger partial charge in [0.25, 0.3) is 5.91 Å². The zero-order valence-electron chi connectivity index (χ0n) is 13.9. The van der Waals surface area contributed by atoms with Crippen molar-refractivity contribution in [3.05, 3.63) is 78.1 Å². The first-order valence-electron chi connectivity index (χ1n) is 7.87. The molecule has 140 valence electrons. The molecule has 0 aliphatic rings. The Morgan fingerprint density at radius 2 is 1.78 bits per heavy atom. The second kappa shape index (κ2) is 7.67. The predicted molar refractivity (Wildman–Crippen MR) is 95.4 cm³/mol. The predicted octanol–water partition coefficient (Wildman–Crippen LogP) is 3.18. The average molecular weight is 391 g/mol. The highest BCUT2D eigenvalue weighted by Crippen LogP contribution is 2.20. The van der Waals surface area contributed by atoms with Gasteiger partial charge >= 0.3 is 5.76 Å². The zero-order chi connectivity index (χ0) is 19.4. The molecule has 3 aromatic rings. The Kier molecular flexibility index (Phi) is 5.31. The van der Waals surface area contributed by atoms with Gasteiger partial charge in [0.05, 0.1) is 11.4 Å². The van der Waals surface area contributed by atoms with Crippen LogP contribution in [0.5, 0.6) is 0 Å². The molecule has 0 saturated heterocycles. The molecule has 1 aromatic heterocycles. The van der Waals surface area contributed by atoms with Crippen LogP contribution in [0.1, 0.15) is 15.9 Å². The quantitative estimate of drug-likeness (QED) is 0.700. The Hall–Kier alpha value is -3.07. The SMILES string of the molecule is O=C(Nc1ccccc1Cn1cccn1)c1ccc(S(=O)(=O)C(F)F)cc1. The molecule has 6 nitrogen and oxygen atoms in total. The van der Waals surface area contributed by atoms with Crippen molar-refractivity contribution < 1.29 is 22.0 Å². The highest BCUT2D eigenvalue weighted by Gasteiger charge is 2.26. The lowest BCUT2D eigenvalue weighted by Crippen LogP contribution is -2.15. The number of benzene rings is 2. The van der Waals surface area contributed by atoms with Crippen LogP contribution in [0.4, 0.5) is 14.5 Å². The lowest BCUT2D eigenvalue weighted by molar-refractivity contribution is 0.102. The number of rotatable bonds is 6. The fourth-order valence-electron chi connectivity index (χ4n) is 2.44. The van der Waals surface area contributed by atoms with E-state index < -0.39 is 26.4 Å². The summed E-state index contributed by atoms with van der Waals surface area (Å²) in [7, 11) is -4.69. The molecular weight excluding hydrogens is 376 g/mol. The van der Waals surface area contributed by atoms with E-state index in [0.29, 0.717) is 12.2 Å². The van der Waals surface area contributed by atoms with Crippen LogP contribution >= 0.6 is 0 Å². The summed E-state index contributed by atoms with van der Waals surface area (Å²) in [5, 5.41) is 6.87. The fourth-order valence-corrected chi connectivity index (χ4v) is 3.16. The molecule has 0 aliphatic heterocycles. The van der Waals surface area contributed by atoms with Crippen LogP contribution < -0.4 is 5.32 Å². The molecule has 0 spiro atoms. The molecule has 2 aromatic carbocycles. The maximum atomic E-state index is 12.6. The van der Waals surface area contributed by atoms with E-state index in [1.165, 1.54) is 12.1 Å². The van der Waals surface area contributed by atoms with E-state index >= 15 is 0 Å². The van der Waals surface area contributed by atoms with Gasteiger partial charge in [-0.1, -0.05) is 18.2 Å². The van der Waals surface area contributed by atoms with Crippen LogP contribution in [0.15, 0.2) is 71.9 Å². The number of halogens is 2. The Balaban J connectivity index is 1.78. The minimum atomic E-state index is -4.69. The molecule has 1 amide bonds. The average Bonchev–Trinajstić information content (AvgIpc) is 3.16. The number of para-hydroxylation sites is 1. The fraction of sp³-hybridized carbons (Fsp3) is 0.111. The number of aromatic nitrogens is 2. The summed E-state index contributed by atoms with van der Waals surface area (Å²) in [6.45, 7) is 0.453. The molecule has 1 heterocycles. The number of nitrogens with zero attached hydrogens (tertiary/aromatic N) is 2. The van der Waals surface area contributed by atoms with Gasteiger partial charge in [0.1, 0.15) is 0 Å². The van der Waals surface area contributed by atoms with Crippen molar-refractivity contribution in [2.45, 2.75) is 17.2 Å². The monoisotopic (exact) mass is 391 g/mol. The van der Waals surface area contributed by atoms with Crippen molar-refractivity contribution in [1.29, 1.82) is 0 Å². The van der Waals surface area contributed by atoms with E-state index in [4.69, 9.17) is 0 Å². The van der Waals surface area contributed by atoms with E-state index in [9.17, 15) is 22.0 Å². The summed E-state index contributed by atoms with van der Waals surface area (Å²) < 4.78 is 49.7. The highest BCUT2D eigenvalue weighted by molar-refractivity contribution is 7.91. The third kappa shape index (κ3) is 4.20. The summed E-state index contributed by atoms with van der Waals surface area (Å²) in [6, 6.07) is 13.3. The number of nitrogens with one attached hydrogen (secondary N) is 1. The van der Waals surface area contributed by atoms with Crippen LogP contribution in [0, 0.1) is 0 Å². The van der Waals surface area contributed by atoms with Gasteiger partial charge in [0.2, 0.25) is 9.84 Å². The van der Waals surface area contributed by atoms with Crippen LogP contribution in [0.2, 0.25) is 0 Å². The molecule has 0 unspecified atom stereocenters. The minimum absolute atomic E-state index is 0.150. The van der Waals surface area contributed by atoms with Gasteiger partial charge in [-0.25, -0.2) is 8.42 Å². The van der Waals surface area contributed by atoms with Crippen LogP contribution in [0.3, 0.4) is 0 Å². The van der Waals surface area contributed by atoms with Crippen molar-refractivity contribution in [1.82, 2.24) is 9.78 Å². The molecule has 9 heteroatoms. The molecule has 3 rings (SSSR count). The zero-order valence-corrected chi connectivity index (χ0v) is 14.7. The summed E-state index contributed by atoms with van der Waals surface area (Å²) in [4.78, 5) is 11.9. The number of carbonyl (C=O) groups is 1. The normalized spacial score (nSPS) is 11.5. The number of hydrogen-bond acceptors (Lipinski definition) is 4. The number of anilines is 1. The molecule has 0 fully saturated rings. The van der Waals surface area contributed by atoms with Crippen LogP contribution in [-0.4, -0.2) is 29.9 Å². The van der Waals surface area contributed by atoms with Crippen molar-refractivity contribution in [3.8, 4) is 0 Å². The highest BCUT2D eigenvalue weighted by atomic mass is 32.2. The van der Waals surface area contributed by atoms with Gasteiger partial charge in [-0.15, -0.1) is 0 Å². The van der Waals surface area contributed by atoms with Gasteiger partial charge in [-0.05, 0) is 42.0 Å². The number of carbonyl (C=O) groups excluding carboxylic acids is 1. The molecule has 1 N–H and O–H groups in total. The summed E-state index contributed by atoms with van der Waals surface area (Å²) in [5.41, 5.74) is 1.55. The van der Waals surface area contributed by atoms with Gasteiger partial charge < -0.3 is 5.32 Å². The molecule has 27 heavy (non-hydrogen) atoms. The van der Waals surface area contributed by atoms with Crippen molar-refractivity contribution >= 4 is 21.4 Å². The smallest absolute Gasteiger partial charge is 0.322 e. The van der Waals surface area contributed by atoms with E-state index in [1.54, 1.807) is 35.3 Å². The number of hydrogen-bond donors (Lipinski definition) is 1. The van der Waals surface area contributed by atoms with Crippen molar-refractivity contribution in [2.24, 2.45) is 0 Å². The lowest BCUT2D eigenvalue weighted by atomic mass is 10.1. The number of alkyl halides is 2. The van der Waals surface area contributed by atoms with Crippen LogP contribution in [-0.2, 0) is 16.4 Å². The van der Waals surface area contributed by atoms with Gasteiger partial charge in [-0.3, -0.25) is 9.48 Å². The first kappa shape index (κ1) is 18.7. The Bertz CT molecular complexity index is 1030. The van der Waals surface area contributed by atoms with E-state index in [-0.39, 0.29) is 5.56 Å². The largest absolute Gasteiger partial charge is 0.341 e. The van der Waals surface area contributed by atoms with Crippen LogP contribution in [0.25, 0.3) is 0 Å². The van der Waals surface area contributed by atoms with Gasteiger partial charge in [0.15, 0.2) is 0 Å². The van der Waals surface area contributed by atoms with Gasteiger partial charge in [0, 0.05) is 23.6 Å². The maximum absolute atomic E-state index is 12.6. The second-order valence-electron chi connectivity index (χ2n) is 5.64. The summed E-state index contributed by atoms with van der Waals surface area (Å²) in [6.07, 6.45) is 3.44. The minimum Gasteiger partial charge on any atom is -0.322 e. The Labute approximate surface area is 154 Å². The molecular formula is C18H15F2N3O3S. The number of sulfone groups is 1. The third-order valence-corrected chi connectivity index (χ3v) is 5.24. The van der Waals surface area contributed by atoms with E-state index in [0.717, 1.165) is 17.7 Å². The number of amides is 1. The topological polar surface area (TPSA) is 81.1 Å². The standard InChI is InChI=1S/C18H15F2N3O3S/c19-18(20)27(25,26)15-8-6-13(7-9-15)17(24)22-16-5-2-1-4-14(16)12-23-11-3-10-21-23/h1-11,18H,12H2,(H,22,24). The Morgan fingerprint density at radius 1 is 1.07 bits per heavy atom. The lowest BCUT2D eigenvalue weighted by Gasteiger charge is -2.11. The molecule has 0 radical (unpaired) electrons. The Morgan fingerprint density at radius 3 is 2.41 bits per heavy atom. The van der Waals surface area contributed by atoms with E-state index in [1.807, 2.05) is 12.1 Å². The first-order valence-corrected chi connectivity index (χ1v) is 9.41. The molecule has 0 aliphatic carbocycles. The first-order chi connectivity index (χ1) is 12.9. The summed E-state index contributed by atoms with van der Waals surface area (Å²) >= 11 is 0.